The summed E-state index contributed by atoms with van der Waals surface area (Å²) < 4.78 is 7.04. The number of Topliss-reactive ketones (excluding diaryl/α,β-unsaturated/α-hetero) is 1. The molecule has 2 heterocycles. The number of anilines is 1. The quantitative estimate of drug-likeness (QED) is 0.210. The van der Waals surface area contributed by atoms with Gasteiger partial charge in [0.1, 0.15) is 5.76 Å². The van der Waals surface area contributed by atoms with Crippen LogP contribution in [0.1, 0.15) is 74.4 Å². The summed E-state index contributed by atoms with van der Waals surface area (Å²) in [5, 5.41) is 6.69. The molecule has 1 N–H and O–H groups in total. The van der Waals surface area contributed by atoms with E-state index in [9.17, 15) is 9.59 Å². The van der Waals surface area contributed by atoms with Crippen LogP contribution < -0.4 is 5.32 Å². The van der Waals surface area contributed by atoms with Gasteiger partial charge in [0.05, 0.1) is 5.75 Å². The molecule has 0 saturated heterocycles. The number of carbonyl (C=O) groups excluding carboxylic acids is 2. The molecule has 0 saturated carbocycles. The maximum Gasteiger partial charge on any atom is 0.251 e. The summed E-state index contributed by atoms with van der Waals surface area (Å²) in [4.78, 5) is 26.5. The Balaban J connectivity index is 1.38. The van der Waals surface area contributed by atoms with Crippen molar-refractivity contribution < 1.29 is 14.1 Å². The predicted molar refractivity (Wildman–Crippen MR) is 132 cm³/mol. The van der Waals surface area contributed by atoms with Gasteiger partial charge in [-0.2, -0.15) is 11.8 Å². The summed E-state index contributed by atoms with van der Waals surface area (Å²) in [7, 11) is 1.75. The lowest BCUT2D eigenvalue weighted by atomic mass is 10.0. The number of unbranched alkanes of at least 4 members (excludes halogenated alkanes) is 7. The van der Waals surface area contributed by atoms with Crippen LogP contribution in [0.2, 0.25) is 0 Å². The number of nitrogens with zero attached hydrogens (tertiary/aromatic N) is 2. The molecule has 1 amide bonds. The molecular weight excluding hydrogens is 442 g/mol. The Kier molecular flexibility index (Phi) is 10.1. The van der Waals surface area contributed by atoms with Gasteiger partial charge in [0, 0.05) is 16.5 Å². The first-order valence-electron chi connectivity index (χ1n) is 11.5. The van der Waals surface area contributed by atoms with E-state index in [1.807, 2.05) is 30.0 Å². The number of nitrogens with one attached hydrogen (secondary N) is 1. The van der Waals surface area contributed by atoms with Gasteiger partial charge in [0.2, 0.25) is 0 Å². The van der Waals surface area contributed by atoms with Gasteiger partial charge in [0.25, 0.3) is 5.91 Å². The summed E-state index contributed by atoms with van der Waals surface area (Å²) in [6.07, 6.45) is 10.5. The van der Waals surface area contributed by atoms with Crippen LogP contribution in [-0.2, 0) is 10.5 Å². The third kappa shape index (κ3) is 7.12. The van der Waals surface area contributed by atoms with Crippen molar-refractivity contribution in [1.29, 1.82) is 0 Å². The molecule has 1 aromatic carbocycles. The van der Waals surface area contributed by atoms with Gasteiger partial charge < -0.3 is 9.84 Å². The minimum absolute atomic E-state index is 0.205. The zero-order valence-corrected chi connectivity index (χ0v) is 20.6. The molecule has 2 aromatic rings. The summed E-state index contributed by atoms with van der Waals surface area (Å²) >= 11 is 3.22. The van der Waals surface area contributed by atoms with Crippen LogP contribution >= 0.6 is 23.7 Å². The number of ketones is 1. The number of amides is 1. The Morgan fingerprint density at radius 1 is 1.16 bits per heavy atom. The van der Waals surface area contributed by atoms with Crippen molar-refractivity contribution in [2.75, 3.05) is 18.1 Å². The molecule has 32 heavy (non-hydrogen) atoms. The van der Waals surface area contributed by atoms with E-state index in [1.165, 1.54) is 63.3 Å². The fourth-order valence-corrected chi connectivity index (χ4v) is 5.60. The lowest BCUT2D eigenvalue weighted by Crippen LogP contribution is -2.46. The second-order valence-electron chi connectivity index (χ2n) is 8.10. The molecule has 0 bridgehead atoms. The Bertz CT molecular complexity index is 887. The normalized spacial score (nSPS) is 16.2. The van der Waals surface area contributed by atoms with Gasteiger partial charge in [-0.1, -0.05) is 75.2 Å². The number of rotatable bonds is 13. The average Bonchev–Trinajstić information content (AvgIpc) is 3.22. The van der Waals surface area contributed by atoms with Crippen molar-refractivity contribution in [3.63, 3.8) is 0 Å². The highest BCUT2D eigenvalue weighted by Gasteiger charge is 2.37. The Labute approximate surface area is 199 Å². The lowest BCUT2D eigenvalue weighted by molar-refractivity contribution is -0.118. The summed E-state index contributed by atoms with van der Waals surface area (Å²) in [6, 6.07) is 8.19. The van der Waals surface area contributed by atoms with Crippen molar-refractivity contribution in [2.45, 2.75) is 75.0 Å². The number of carbonyl (C=O) groups is 2. The smallest absolute Gasteiger partial charge is 0.251 e. The Morgan fingerprint density at radius 2 is 1.88 bits per heavy atom. The van der Waals surface area contributed by atoms with E-state index in [1.54, 1.807) is 23.5 Å². The van der Waals surface area contributed by atoms with Crippen LogP contribution in [0.3, 0.4) is 0 Å². The van der Waals surface area contributed by atoms with Gasteiger partial charge in [0.15, 0.2) is 17.6 Å². The van der Waals surface area contributed by atoms with Crippen molar-refractivity contribution >= 4 is 41.2 Å². The first-order valence-corrected chi connectivity index (χ1v) is 13.4. The Hall–Kier alpha value is -1.77. The zero-order valence-electron chi connectivity index (χ0n) is 19.0. The first kappa shape index (κ1) is 24.9. The number of benzene rings is 1. The average molecular weight is 476 g/mol. The molecular formula is C24H33N3O3S2. The standard InChI is InChI=1S/C24H33N3O3S2/c1-3-4-5-6-7-8-9-12-15-31-17-18-16-21(26-30-18)25-24(29)22-23(28)19-13-10-11-14-20(19)32-27(22)2/h10-11,13-14,16,22H,3-9,12,15,17H2,1-2H3,(H,25,26,29). The monoisotopic (exact) mass is 475 g/mol. The molecule has 1 unspecified atom stereocenters. The van der Waals surface area contributed by atoms with Gasteiger partial charge in [-0.25, -0.2) is 4.31 Å². The van der Waals surface area contributed by atoms with E-state index in [0.29, 0.717) is 11.4 Å². The van der Waals surface area contributed by atoms with E-state index in [-0.39, 0.29) is 5.78 Å². The van der Waals surface area contributed by atoms with Gasteiger partial charge in [-0.05, 0) is 37.2 Å². The number of hydrogen-bond donors (Lipinski definition) is 1. The molecule has 3 rings (SSSR count). The summed E-state index contributed by atoms with van der Waals surface area (Å²) in [5.74, 6) is 2.30. The molecule has 1 aliphatic rings. The molecule has 0 radical (unpaired) electrons. The highest BCUT2D eigenvalue weighted by molar-refractivity contribution is 7.98. The third-order valence-electron chi connectivity index (χ3n) is 5.45. The summed E-state index contributed by atoms with van der Waals surface area (Å²) in [6.45, 7) is 2.25. The lowest BCUT2D eigenvalue weighted by Gasteiger charge is -2.30. The maximum absolute atomic E-state index is 12.8. The molecule has 8 heteroatoms. The van der Waals surface area contributed by atoms with E-state index in [4.69, 9.17) is 4.52 Å². The van der Waals surface area contributed by atoms with Gasteiger partial charge in [-0.3, -0.25) is 9.59 Å². The number of thioether (sulfide) groups is 1. The molecule has 0 aliphatic carbocycles. The minimum Gasteiger partial charge on any atom is -0.358 e. The minimum atomic E-state index is -0.897. The van der Waals surface area contributed by atoms with Crippen molar-refractivity contribution in [3.8, 4) is 0 Å². The van der Waals surface area contributed by atoms with Gasteiger partial charge >= 0.3 is 0 Å². The third-order valence-corrected chi connectivity index (χ3v) is 7.57. The zero-order chi connectivity index (χ0) is 22.8. The predicted octanol–water partition coefficient (Wildman–Crippen LogP) is 6.19. The SMILES string of the molecule is CCCCCCCCCCSCc1cc(NC(=O)C2C(=O)c3ccccc3SN2C)no1. The number of fused-ring (bicyclic) bond motifs is 1. The van der Waals surface area contributed by atoms with Gasteiger partial charge in [-0.15, -0.1) is 0 Å². The maximum atomic E-state index is 12.8. The number of hydrogen-bond acceptors (Lipinski definition) is 7. The highest BCUT2D eigenvalue weighted by Crippen LogP contribution is 2.34. The van der Waals surface area contributed by atoms with E-state index in [2.05, 4.69) is 17.4 Å². The van der Waals surface area contributed by atoms with E-state index in [0.717, 1.165) is 22.2 Å². The van der Waals surface area contributed by atoms with Crippen LogP contribution in [0.5, 0.6) is 0 Å². The van der Waals surface area contributed by atoms with Crippen LogP contribution in [-0.4, -0.2) is 40.0 Å². The van der Waals surface area contributed by atoms with Crippen molar-refractivity contribution in [1.82, 2.24) is 9.46 Å². The van der Waals surface area contributed by atoms with Crippen LogP contribution in [0.25, 0.3) is 0 Å². The topological polar surface area (TPSA) is 75.4 Å². The fraction of sp³-hybridized carbons (Fsp3) is 0.542. The molecule has 1 aliphatic heterocycles. The number of aromatic nitrogens is 1. The van der Waals surface area contributed by atoms with Crippen LogP contribution in [0, 0.1) is 0 Å². The highest BCUT2D eigenvalue weighted by atomic mass is 32.2. The van der Waals surface area contributed by atoms with E-state index < -0.39 is 11.9 Å². The second-order valence-corrected chi connectivity index (χ2v) is 10.4. The Morgan fingerprint density at radius 3 is 2.66 bits per heavy atom. The van der Waals surface area contributed by atoms with E-state index >= 15 is 0 Å². The largest absolute Gasteiger partial charge is 0.358 e. The first-order chi connectivity index (χ1) is 15.6. The molecule has 1 atom stereocenters. The molecule has 1 aromatic heterocycles. The summed E-state index contributed by atoms with van der Waals surface area (Å²) in [5.41, 5.74) is 0.578. The van der Waals surface area contributed by atoms with Crippen molar-refractivity contribution in [2.24, 2.45) is 0 Å². The molecule has 0 spiro atoms. The fourth-order valence-electron chi connectivity index (χ4n) is 3.70. The molecule has 174 valence electrons. The van der Waals surface area contributed by atoms with Crippen molar-refractivity contribution in [3.05, 3.63) is 41.7 Å². The molecule has 6 nitrogen and oxygen atoms in total. The second kappa shape index (κ2) is 13.1. The van der Waals surface area contributed by atoms with Crippen LogP contribution in [0.15, 0.2) is 39.8 Å². The number of likely N-dealkylation sites (N-methyl/N-ethyl adjacent to an activating group) is 1. The molecule has 0 fully saturated rings. The van der Waals surface area contributed by atoms with Crippen LogP contribution in [0.4, 0.5) is 5.82 Å².